The molecule has 2 saturated heterocycles. The van der Waals surface area contributed by atoms with E-state index in [0.29, 0.717) is 12.8 Å². The Morgan fingerprint density at radius 3 is 1.59 bits per heavy atom. The summed E-state index contributed by atoms with van der Waals surface area (Å²) >= 11 is 0. The minimum atomic E-state index is -1.71. The minimum absolute atomic E-state index is 0.127. The number of hydrogen-bond acceptors (Lipinski definition) is 13. The van der Waals surface area contributed by atoms with Crippen molar-refractivity contribution in [1.29, 1.82) is 0 Å². The van der Waals surface area contributed by atoms with E-state index in [1.807, 2.05) is 6.92 Å². The first kappa shape index (κ1) is 39.2. The van der Waals surface area contributed by atoms with Gasteiger partial charge in [-0.1, -0.05) is 77.0 Å². The zero-order valence-corrected chi connectivity index (χ0v) is 26.5. The van der Waals surface area contributed by atoms with E-state index in [-0.39, 0.29) is 12.1 Å². The van der Waals surface area contributed by atoms with E-state index in [0.717, 1.165) is 32.1 Å². The maximum absolute atomic E-state index is 11.1. The first-order chi connectivity index (χ1) is 21.1. The van der Waals surface area contributed by atoms with Crippen molar-refractivity contribution in [2.75, 3.05) is 20.3 Å². The molecular formula is C31H58O13. The van der Waals surface area contributed by atoms with Crippen LogP contribution in [0.25, 0.3) is 0 Å². The Morgan fingerprint density at radius 2 is 1.09 bits per heavy atom. The number of carbonyl (C=O) groups excluding carboxylic acids is 1. The molecule has 0 bridgehead atoms. The third kappa shape index (κ3) is 13.0. The van der Waals surface area contributed by atoms with E-state index in [1.165, 1.54) is 58.5 Å². The van der Waals surface area contributed by atoms with Crippen LogP contribution >= 0.6 is 0 Å². The van der Waals surface area contributed by atoms with Gasteiger partial charge in [-0.15, -0.1) is 0 Å². The van der Waals surface area contributed by atoms with Crippen LogP contribution in [0.1, 0.15) is 103 Å². The molecule has 7 N–H and O–H groups in total. The van der Waals surface area contributed by atoms with Gasteiger partial charge < -0.3 is 59.4 Å². The molecule has 13 heteroatoms. The second-order valence-corrected chi connectivity index (χ2v) is 12.2. The van der Waals surface area contributed by atoms with Crippen molar-refractivity contribution < 1.29 is 64.2 Å². The predicted octanol–water partition coefficient (Wildman–Crippen LogP) is 1.04. The summed E-state index contributed by atoms with van der Waals surface area (Å²) in [4.78, 5) is 11.1. The molecule has 0 aliphatic carbocycles. The molecule has 1 unspecified atom stereocenters. The van der Waals surface area contributed by atoms with Gasteiger partial charge in [0.25, 0.3) is 0 Å². The molecule has 2 fully saturated rings. The first-order valence-electron chi connectivity index (χ1n) is 16.4. The molecule has 0 aromatic heterocycles. The predicted molar refractivity (Wildman–Crippen MR) is 158 cm³/mol. The van der Waals surface area contributed by atoms with E-state index >= 15 is 0 Å². The number of aliphatic hydroxyl groups is 7. The largest absolute Gasteiger partial charge is 0.469 e. The SMILES string of the molecule is COC(=O)CCCCCCCCCCCCCCCC(C)O[C@@H]1O[C@H](CO)[C@@H](O)[C@H](O)[C@H]1O[C@@H]1O[C@H](CO)[C@@H](O)[C@H](O)[C@H]1O. The molecule has 0 radical (unpaired) electrons. The Balaban J connectivity index is 1.65. The Kier molecular flexibility index (Phi) is 19.4. The zero-order chi connectivity index (χ0) is 32.5. The van der Waals surface area contributed by atoms with Crippen molar-refractivity contribution in [1.82, 2.24) is 0 Å². The summed E-state index contributed by atoms with van der Waals surface area (Å²) in [5.74, 6) is -0.127. The lowest BCUT2D eigenvalue weighted by molar-refractivity contribution is -0.371. The number of rotatable bonds is 22. The number of unbranched alkanes of at least 4 members (excludes halogenated alkanes) is 12. The molecular weight excluding hydrogens is 580 g/mol. The monoisotopic (exact) mass is 638 g/mol. The lowest BCUT2D eigenvalue weighted by Gasteiger charge is -2.46. The van der Waals surface area contributed by atoms with Crippen molar-refractivity contribution in [2.45, 2.75) is 171 Å². The molecule has 2 rings (SSSR count). The molecule has 11 atom stereocenters. The van der Waals surface area contributed by atoms with Gasteiger partial charge in [-0.25, -0.2) is 0 Å². The van der Waals surface area contributed by atoms with Crippen LogP contribution in [-0.4, -0.2) is 130 Å². The number of hydrogen-bond donors (Lipinski definition) is 7. The van der Waals surface area contributed by atoms with Gasteiger partial charge in [0.05, 0.1) is 26.4 Å². The summed E-state index contributed by atoms with van der Waals surface area (Å²) in [5.41, 5.74) is 0. The highest BCUT2D eigenvalue weighted by molar-refractivity contribution is 5.68. The molecule has 44 heavy (non-hydrogen) atoms. The van der Waals surface area contributed by atoms with Crippen molar-refractivity contribution in [3.05, 3.63) is 0 Å². The van der Waals surface area contributed by atoms with Gasteiger partial charge in [0.1, 0.15) is 48.8 Å². The van der Waals surface area contributed by atoms with Crippen LogP contribution in [0.5, 0.6) is 0 Å². The summed E-state index contributed by atoms with van der Waals surface area (Å²) in [6, 6.07) is 0. The van der Waals surface area contributed by atoms with Crippen LogP contribution in [0.4, 0.5) is 0 Å². The van der Waals surface area contributed by atoms with Crippen LogP contribution in [-0.2, 0) is 28.5 Å². The van der Waals surface area contributed by atoms with E-state index in [9.17, 15) is 40.5 Å². The Labute approximate surface area is 261 Å². The average Bonchev–Trinajstić information content (AvgIpc) is 3.02. The summed E-state index contributed by atoms with van der Waals surface area (Å²) in [6.07, 6.45) is 1.14. The van der Waals surface area contributed by atoms with Crippen molar-refractivity contribution in [3.63, 3.8) is 0 Å². The van der Waals surface area contributed by atoms with Crippen LogP contribution in [0.15, 0.2) is 0 Å². The third-order valence-corrected chi connectivity index (χ3v) is 8.55. The van der Waals surface area contributed by atoms with E-state index in [2.05, 4.69) is 4.74 Å². The number of esters is 1. The van der Waals surface area contributed by atoms with Crippen LogP contribution < -0.4 is 0 Å². The minimum Gasteiger partial charge on any atom is -0.469 e. The number of aliphatic hydroxyl groups excluding tert-OH is 7. The van der Waals surface area contributed by atoms with E-state index in [4.69, 9.17) is 18.9 Å². The summed E-state index contributed by atoms with van der Waals surface area (Å²) in [6.45, 7) is 0.624. The molecule has 0 aromatic carbocycles. The van der Waals surface area contributed by atoms with Gasteiger partial charge in [0, 0.05) is 6.42 Å². The van der Waals surface area contributed by atoms with Crippen LogP contribution in [0.2, 0.25) is 0 Å². The lowest BCUT2D eigenvalue weighted by Crippen LogP contribution is -2.64. The topological polar surface area (TPSA) is 205 Å². The average molecular weight is 639 g/mol. The van der Waals surface area contributed by atoms with E-state index < -0.39 is 74.6 Å². The van der Waals surface area contributed by atoms with Gasteiger partial charge in [-0.3, -0.25) is 4.79 Å². The van der Waals surface area contributed by atoms with E-state index in [1.54, 1.807) is 0 Å². The Morgan fingerprint density at radius 1 is 0.636 bits per heavy atom. The highest BCUT2D eigenvalue weighted by Gasteiger charge is 2.51. The second kappa shape index (κ2) is 21.8. The quantitative estimate of drug-likeness (QED) is 0.0655. The lowest BCUT2D eigenvalue weighted by atomic mass is 9.97. The fourth-order valence-corrected chi connectivity index (χ4v) is 5.69. The van der Waals surface area contributed by atoms with Crippen molar-refractivity contribution in [3.8, 4) is 0 Å². The van der Waals surface area contributed by atoms with Gasteiger partial charge >= 0.3 is 5.97 Å². The number of methoxy groups -OCH3 is 1. The fourth-order valence-electron chi connectivity index (χ4n) is 5.69. The Hall–Kier alpha value is -0.970. The molecule has 0 aromatic rings. The zero-order valence-electron chi connectivity index (χ0n) is 26.5. The maximum Gasteiger partial charge on any atom is 0.305 e. The van der Waals surface area contributed by atoms with Crippen LogP contribution in [0, 0.1) is 0 Å². The highest BCUT2D eigenvalue weighted by atomic mass is 16.8. The normalized spacial score (nSPS) is 33.3. The molecule has 2 aliphatic heterocycles. The molecule has 0 amide bonds. The Bertz CT molecular complexity index is 756. The second-order valence-electron chi connectivity index (χ2n) is 12.2. The van der Waals surface area contributed by atoms with Gasteiger partial charge in [0.15, 0.2) is 12.6 Å². The third-order valence-electron chi connectivity index (χ3n) is 8.55. The first-order valence-corrected chi connectivity index (χ1v) is 16.4. The molecule has 0 saturated carbocycles. The smallest absolute Gasteiger partial charge is 0.305 e. The van der Waals surface area contributed by atoms with Crippen molar-refractivity contribution >= 4 is 5.97 Å². The molecule has 13 nitrogen and oxygen atoms in total. The van der Waals surface area contributed by atoms with Gasteiger partial charge in [0.2, 0.25) is 0 Å². The standard InChI is InChI=1S/C31H58O13/c1-20(16-14-12-10-8-6-4-3-5-7-9-11-13-15-17-23(34)40-2)41-31-29(27(38)25(36)22(19-33)43-31)44-30-28(39)26(37)24(35)21(18-32)42-30/h20-22,24-33,35-39H,3-19H2,1-2H3/t20?,21-,22-,24-,25-,26+,27+,28-,29-,30+,31-/m1/s1. The van der Waals surface area contributed by atoms with Gasteiger partial charge in [-0.2, -0.15) is 0 Å². The number of ether oxygens (including phenoxy) is 5. The fraction of sp³-hybridized carbons (Fsp3) is 0.968. The summed E-state index contributed by atoms with van der Waals surface area (Å²) < 4.78 is 27.5. The van der Waals surface area contributed by atoms with Crippen LogP contribution in [0.3, 0.4) is 0 Å². The molecule has 2 heterocycles. The molecule has 260 valence electrons. The molecule has 0 spiro atoms. The summed E-state index contributed by atoms with van der Waals surface area (Å²) in [5, 5.41) is 70.7. The summed E-state index contributed by atoms with van der Waals surface area (Å²) in [7, 11) is 1.43. The van der Waals surface area contributed by atoms with Gasteiger partial charge in [-0.05, 0) is 19.8 Å². The highest BCUT2D eigenvalue weighted by Crippen LogP contribution is 2.30. The molecule has 2 aliphatic rings. The maximum atomic E-state index is 11.1. The van der Waals surface area contributed by atoms with Crippen molar-refractivity contribution in [2.24, 2.45) is 0 Å². The number of carbonyl (C=O) groups is 1.